The van der Waals surface area contributed by atoms with Gasteiger partial charge in [0.05, 0.1) is 22.5 Å². The molecule has 2 amide bonds. The molecule has 2 heterocycles. The number of ether oxygens (including phenoxy) is 1. The molecule has 1 aliphatic rings. The minimum Gasteiger partial charge on any atom is -0.468 e. The lowest BCUT2D eigenvalue weighted by Gasteiger charge is -2.15. The summed E-state index contributed by atoms with van der Waals surface area (Å²) in [6, 6.07) is 9.56. The zero-order chi connectivity index (χ0) is 20.1. The van der Waals surface area contributed by atoms with Gasteiger partial charge < -0.3 is 9.15 Å². The predicted molar refractivity (Wildman–Crippen MR) is 111 cm³/mol. The van der Waals surface area contributed by atoms with Gasteiger partial charge in [0.15, 0.2) is 0 Å². The number of furan rings is 1. The number of carbonyl (C=O) groups is 2. The molecule has 28 heavy (non-hydrogen) atoms. The Morgan fingerprint density at radius 3 is 2.61 bits per heavy atom. The van der Waals surface area contributed by atoms with E-state index < -0.39 is 0 Å². The zero-order valence-electron chi connectivity index (χ0n) is 16.5. The monoisotopic (exact) mass is 399 g/mol. The molecular formula is C22H25NO4S. The molecule has 0 saturated heterocycles. The molecule has 0 fully saturated rings. The highest BCUT2D eigenvalue weighted by Crippen LogP contribution is 2.38. The van der Waals surface area contributed by atoms with E-state index in [-0.39, 0.29) is 11.8 Å². The first-order valence-corrected chi connectivity index (χ1v) is 10.4. The van der Waals surface area contributed by atoms with Crippen molar-refractivity contribution in [1.29, 1.82) is 0 Å². The number of amides is 2. The Morgan fingerprint density at radius 2 is 1.93 bits per heavy atom. The minimum atomic E-state index is -0.230. The van der Waals surface area contributed by atoms with Crippen molar-refractivity contribution in [2.24, 2.45) is 0 Å². The lowest BCUT2D eigenvalue weighted by Crippen LogP contribution is -2.33. The van der Waals surface area contributed by atoms with Gasteiger partial charge in [-0.1, -0.05) is 18.2 Å². The second kappa shape index (κ2) is 9.26. The number of hydrogen-bond donors (Lipinski definition) is 0. The van der Waals surface area contributed by atoms with E-state index in [1.165, 1.54) is 16.7 Å². The largest absolute Gasteiger partial charge is 0.468 e. The van der Waals surface area contributed by atoms with Crippen molar-refractivity contribution >= 4 is 29.1 Å². The van der Waals surface area contributed by atoms with Gasteiger partial charge in [-0.05, 0) is 56.0 Å². The van der Waals surface area contributed by atoms with Gasteiger partial charge >= 0.3 is 0 Å². The van der Waals surface area contributed by atoms with E-state index in [0.29, 0.717) is 42.4 Å². The quantitative estimate of drug-likeness (QED) is 0.464. The van der Waals surface area contributed by atoms with Crippen LogP contribution in [0.4, 0.5) is 0 Å². The third kappa shape index (κ3) is 4.39. The van der Waals surface area contributed by atoms with Crippen LogP contribution in [0.2, 0.25) is 0 Å². The first-order chi connectivity index (χ1) is 13.5. The van der Waals surface area contributed by atoms with Gasteiger partial charge in [0.1, 0.15) is 5.76 Å². The third-order valence-electron chi connectivity index (χ3n) is 4.73. The first-order valence-electron chi connectivity index (χ1n) is 9.44. The van der Waals surface area contributed by atoms with Gasteiger partial charge in [-0.2, -0.15) is 0 Å². The highest BCUT2D eigenvalue weighted by molar-refractivity contribution is 8.03. The molecule has 1 aliphatic heterocycles. The van der Waals surface area contributed by atoms with E-state index in [0.717, 1.165) is 22.5 Å². The molecular weight excluding hydrogens is 374 g/mol. The number of aryl methyl sites for hydroxylation is 2. The Balaban J connectivity index is 1.88. The van der Waals surface area contributed by atoms with Crippen molar-refractivity contribution < 1.29 is 18.7 Å². The molecule has 0 atom stereocenters. The molecule has 5 nitrogen and oxygen atoms in total. The summed E-state index contributed by atoms with van der Waals surface area (Å²) in [6.45, 7) is 7.48. The summed E-state index contributed by atoms with van der Waals surface area (Å²) >= 11 is 1.36. The second-order valence-electron chi connectivity index (χ2n) is 6.68. The molecule has 148 valence electrons. The maximum atomic E-state index is 13.1. The van der Waals surface area contributed by atoms with Crippen LogP contribution in [-0.4, -0.2) is 36.5 Å². The van der Waals surface area contributed by atoms with E-state index in [4.69, 9.17) is 9.15 Å². The Kier molecular flexibility index (Phi) is 6.75. The average Bonchev–Trinajstić information content (AvgIpc) is 3.27. The molecule has 6 heteroatoms. The van der Waals surface area contributed by atoms with E-state index in [1.807, 2.05) is 51.1 Å². The summed E-state index contributed by atoms with van der Waals surface area (Å²) < 4.78 is 10.7. The van der Waals surface area contributed by atoms with Gasteiger partial charge in [-0.25, -0.2) is 0 Å². The van der Waals surface area contributed by atoms with Crippen LogP contribution in [0.1, 0.15) is 35.8 Å². The molecule has 0 aliphatic carbocycles. The highest BCUT2D eigenvalue weighted by Gasteiger charge is 2.38. The minimum absolute atomic E-state index is 0.230. The van der Waals surface area contributed by atoms with E-state index in [1.54, 1.807) is 6.26 Å². The van der Waals surface area contributed by atoms with Gasteiger partial charge in [-0.3, -0.25) is 14.5 Å². The fourth-order valence-corrected chi connectivity index (χ4v) is 4.08. The summed E-state index contributed by atoms with van der Waals surface area (Å²) in [5.41, 5.74) is 3.52. The van der Waals surface area contributed by atoms with Crippen LogP contribution in [-0.2, 0) is 20.1 Å². The highest BCUT2D eigenvalue weighted by atomic mass is 32.2. The second-order valence-corrected chi connectivity index (χ2v) is 7.67. The Morgan fingerprint density at radius 1 is 1.11 bits per heavy atom. The van der Waals surface area contributed by atoms with Crippen LogP contribution in [0.3, 0.4) is 0 Å². The molecule has 0 spiro atoms. The number of benzene rings is 1. The number of rotatable bonds is 9. The van der Waals surface area contributed by atoms with E-state index in [9.17, 15) is 9.59 Å². The number of thioether (sulfide) groups is 1. The Labute approximate surface area is 169 Å². The first kappa shape index (κ1) is 20.4. The molecule has 3 rings (SSSR count). The predicted octanol–water partition coefficient (Wildman–Crippen LogP) is 4.34. The Hall–Kier alpha value is -2.31. The smallest absolute Gasteiger partial charge is 0.267 e. The van der Waals surface area contributed by atoms with Gasteiger partial charge in [0.25, 0.3) is 11.8 Å². The molecule has 0 unspecified atom stereocenters. The molecule has 1 aromatic heterocycles. The lowest BCUT2D eigenvalue weighted by atomic mass is 10.0. The van der Waals surface area contributed by atoms with Crippen molar-refractivity contribution in [3.8, 4) is 0 Å². The average molecular weight is 400 g/mol. The fourth-order valence-electron chi connectivity index (χ4n) is 3.05. The van der Waals surface area contributed by atoms with Crippen molar-refractivity contribution in [2.75, 3.05) is 19.8 Å². The number of imide groups is 1. The summed E-state index contributed by atoms with van der Waals surface area (Å²) in [4.78, 5) is 28.0. The van der Waals surface area contributed by atoms with Crippen LogP contribution in [0, 0.1) is 13.8 Å². The number of nitrogens with zero attached hydrogens (tertiary/aromatic N) is 1. The van der Waals surface area contributed by atoms with Crippen molar-refractivity contribution in [2.45, 2.75) is 32.9 Å². The topological polar surface area (TPSA) is 59.8 Å². The van der Waals surface area contributed by atoms with E-state index in [2.05, 4.69) is 0 Å². The standard InChI is InChI=1S/C22H25NO4S/c1-4-26-11-6-10-23-21(24)19(17-9-8-15(2)16(3)13-17)20(22(23)25)28-14-18-7-5-12-27-18/h5,7-9,12-13H,4,6,10-11,14H2,1-3H3. The summed E-state index contributed by atoms with van der Waals surface area (Å²) in [6.07, 6.45) is 2.23. The summed E-state index contributed by atoms with van der Waals surface area (Å²) in [5.74, 6) is 0.813. The van der Waals surface area contributed by atoms with Gasteiger partial charge in [0, 0.05) is 19.8 Å². The van der Waals surface area contributed by atoms with Crippen LogP contribution >= 0.6 is 11.8 Å². The lowest BCUT2D eigenvalue weighted by molar-refractivity contribution is -0.136. The molecule has 0 N–H and O–H groups in total. The van der Waals surface area contributed by atoms with Crippen molar-refractivity contribution in [3.05, 3.63) is 64.0 Å². The van der Waals surface area contributed by atoms with Crippen LogP contribution < -0.4 is 0 Å². The maximum absolute atomic E-state index is 13.1. The van der Waals surface area contributed by atoms with E-state index >= 15 is 0 Å². The normalized spacial score (nSPS) is 14.5. The molecule has 0 radical (unpaired) electrons. The molecule has 1 aromatic carbocycles. The molecule has 0 bridgehead atoms. The summed E-state index contributed by atoms with van der Waals surface area (Å²) in [7, 11) is 0. The van der Waals surface area contributed by atoms with Gasteiger partial charge in [-0.15, -0.1) is 11.8 Å². The number of hydrogen-bond acceptors (Lipinski definition) is 5. The van der Waals surface area contributed by atoms with Gasteiger partial charge in [0.2, 0.25) is 0 Å². The fraction of sp³-hybridized carbons (Fsp3) is 0.364. The van der Waals surface area contributed by atoms with Crippen LogP contribution in [0.15, 0.2) is 45.9 Å². The van der Waals surface area contributed by atoms with Crippen molar-refractivity contribution in [1.82, 2.24) is 4.90 Å². The van der Waals surface area contributed by atoms with Crippen LogP contribution in [0.25, 0.3) is 5.57 Å². The van der Waals surface area contributed by atoms with Crippen molar-refractivity contribution in [3.63, 3.8) is 0 Å². The third-order valence-corrected chi connectivity index (χ3v) is 5.83. The maximum Gasteiger partial charge on any atom is 0.267 e. The zero-order valence-corrected chi connectivity index (χ0v) is 17.3. The Bertz CT molecular complexity index is 886. The number of carbonyl (C=O) groups excluding carboxylic acids is 2. The SMILES string of the molecule is CCOCCCN1C(=O)C(SCc2ccco2)=C(c2ccc(C)c(C)c2)C1=O. The van der Waals surface area contributed by atoms with Crippen LogP contribution in [0.5, 0.6) is 0 Å². The summed E-state index contributed by atoms with van der Waals surface area (Å²) in [5, 5.41) is 0. The molecule has 0 saturated carbocycles. The molecule has 2 aromatic rings.